The summed E-state index contributed by atoms with van der Waals surface area (Å²) >= 11 is 0. The topological polar surface area (TPSA) is 61.6 Å². The molecule has 0 fully saturated rings. The van der Waals surface area contributed by atoms with E-state index in [-0.39, 0.29) is 11.4 Å². The summed E-state index contributed by atoms with van der Waals surface area (Å²) in [7, 11) is 3.07. The quantitative estimate of drug-likeness (QED) is 0.628. The highest BCUT2D eigenvalue weighted by Crippen LogP contribution is 2.24. The Balaban J connectivity index is 0.000000200. The van der Waals surface area contributed by atoms with Gasteiger partial charge < -0.3 is 9.47 Å². The Labute approximate surface area is 111 Å². The second-order valence-corrected chi connectivity index (χ2v) is 3.45. The average molecular weight is 261 g/mol. The number of hydrogen-bond acceptors (Lipinski definition) is 4. The molecule has 0 N–H and O–H groups in total. The van der Waals surface area contributed by atoms with Crippen LogP contribution in [0.15, 0.2) is 54.6 Å². The predicted molar refractivity (Wildman–Crippen MR) is 72.6 cm³/mol. The molecule has 0 aliphatic rings. The molecular weight excluding hydrogens is 246 g/mol. The number of hydrogen-bond donors (Lipinski definition) is 0. The number of rotatable bonds is 3. The Kier molecular flexibility index (Phi) is 5.88. The highest BCUT2D eigenvalue weighted by Gasteiger charge is 2.11. The minimum Gasteiger partial charge on any atom is -0.497 e. The van der Waals surface area contributed by atoms with Crippen molar-refractivity contribution < 1.29 is 14.4 Å². The van der Waals surface area contributed by atoms with Crippen LogP contribution in [-0.4, -0.2) is 19.1 Å². The van der Waals surface area contributed by atoms with Gasteiger partial charge in [0, 0.05) is 6.07 Å². The molecule has 0 unspecified atom stereocenters. The predicted octanol–water partition coefficient (Wildman–Crippen LogP) is 3.30. The molecule has 2 aromatic rings. The molecule has 2 aromatic carbocycles. The van der Waals surface area contributed by atoms with Crippen molar-refractivity contribution in [3.8, 4) is 11.5 Å². The minimum absolute atomic E-state index is 0.00463. The van der Waals surface area contributed by atoms with Gasteiger partial charge in [-0.15, -0.1) is 0 Å². The van der Waals surface area contributed by atoms with Gasteiger partial charge in [-0.1, -0.05) is 30.3 Å². The SMILES string of the molecule is COc1ccccc1.COc1ccccc1[N+](=O)[O-]. The maximum absolute atomic E-state index is 10.3. The summed E-state index contributed by atoms with van der Waals surface area (Å²) in [4.78, 5) is 9.83. The van der Waals surface area contributed by atoms with Gasteiger partial charge in [0.05, 0.1) is 19.1 Å². The summed E-state index contributed by atoms with van der Waals surface area (Å²) in [5.41, 5.74) is -0.00463. The molecule has 0 aliphatic carbocycles. The third kappa shape index (κ3) is 4.67. The summed E-state index contributed by atoms with van der Waals surface area (Å²) < 4.78 is 9.68. The zero-order chi connectivity index (χ0) is 14.1. The van der Waals surface area contributed by atoms with Crippen molar-refractivity contribution >= 4 is 5.69 Å². The van der Waals surface area contributed by atoms with Crippen molar-refractivity contribution in [3.63, 3.8) is 0 Å². The fourth-order valence-corrected chi connectivity index (χ4v) is 1.34. The van der Waals surface area contributed by atoms with Crippen LogP contribution < -0.4 is 9.47 Å². The van der Waals surface area contributed by atoms with Crippen molar-refractivity contribution in [2.45, 2.75) is 0 Å². The number of ether oxygens (including phenoxy) is 2. The van der Waals surface area contributed by atoms with Gasteiger partial charge in [-0.05, 0) is 18.2 Å². The van der Waals surface area contributed by atoms with E-state index in [1.54, 1.807) is 25.3 Å². The van der Waals surface area contributed by atoms with Crippen LogP contribution in [0.1, 0.15) is 0 Å². The molecule has 0 amide bonds. The summed E-state index contributed by atoms with van der Waals surface area (Å²) in [6, 6.07) is 15.9. The normalized spacial score (nSPS) is 8.95. The molecule has 0 heterocycles. The monoisotopic (exact) mass is 261 g/mol. The fraction of sp³-hybridized carbons (Fsp3) is 0.143. The first-order valence-corrected chi connectivity index (χ1v) is 5.55. The molecule has 0 saturated carbocycles. The van der Waals surface area contributed by atoms with E-state index < -0.39 is 4.92 Å². The summed E-state index contributed by atoms with van der Waals surface area (Å²) in [5, 5.41) is 10.3. The Hall–Kier alpha value is -2.56. The van der Waals surface area contributed by atoms with Crippen LogP contribution in [0, 0.1) is 10.1 Å². The van der Waals surface area contributed by atoms with E-state index in [9.17, 15) is 10.1 Å². The smallest absolute Gasteiger partial charge is 0.310 e. The first kappa shape index (κ1) is 14.5. The molecule has 5 nitrogen and oxygen atoms in total. The van der Waals surface area contributed by atoms with E-state index in [1.807, 2.05) is 30.3 Å². The molecule has 2 rings (SSSR count). The van der Waals surface area contributed by atoms with E-state index in [0.717, 1.165) is 5.75 Å². The molecule has 0 aliphatic heterocycles. The van der Waals surface area contributed by atoms with Crippen LogP contribution >= 0.6 is 0 Å². The van der Waals surface area contributed by atoms with Crippen molar-refractivity contribution in [2.75, 3.05) is 14.2 Å². The second-order valence-electron chi connectivity index (χ2n) is 3.45. The Morgan fingerprint density at radius 3 is 1.89 bits per heavy atom. The molecule has 5 heteroatoms. The van der Waals surface area contributed by atoms with Crippen LogP contribution in [0.25, 0.3) is 0 Å². The number of benzene rings is 2. The lowest BCUT2D eigenvalue weighted by molar-refractivity contribution is -0.385. The minimum atomic E-state index is -0.473. The molecular formula is C14H15NO4. The van der Waals surface area contributed by atoms with Gasteiger partial charge in [0.15, 0.2) is 5.75 Å². The summed E-state index contributed by atoms with van der Waals surface area (Å²) in [6.45, 7) is 0. The van der Waals surface area contributed by atoms with Crippen molar-refractivity contribution in [1.82, 2.24) is 0 Å². The van der Waals surface area contributed by atoms with Crippen LogP contribution in [0.5, 0.6) is 11.5 Å². The Bertz CT molecular complexity index is 514. The summed E-state index contributed by atoms with van der Waals surface area (Å²) in [5.74, 6) is 1.20. The van der Waals surface area contributed by atoms with Crippen molar-refractivity contribution in [1.29, 1.82) is 0 Å². The number of nitro benzene ring substituents is 1. The largest absolute Gasteiger partial charge is 0.497 e. The van der Waals surface area contributed by atoms with Crippen LogP contribution in [0.4, 0.5) is 5.69 Å². The highest BCUT2D eigenvalue weighted by molar-refractivity contribution is 5.45. The van der Waals surface area contributed by atoms with E-state index in [0.29, 0.717) is 0 Å². The van der Waals surface area contributed by atoms with Gasteiger partial charge in [0.1, 0.15) is 5.75 Å². The zero-order valence-corrected chi connectivity index (χ0v) is 10.8. The molecule has 100 valence electrons. The van der Waals surface area contributed by atoms with Crippen molar-refractivity contribution in [3.05, 3.63) is 64.7 Å². The van der Waals surface area contributed by atoms with Crippen LogP contribution in [-0.2, 0) is 0 Å². The zero-order valence-electron chi connectivity index (χ0n) is 10.8. The van der Waals surface area contributed by atoms with Gasteiger partial charge in [-0.3, -0.25) is 10.1 Å². The van der Waals surface area contributed by atoms with E-state index in [1.165, 1.54) is 13.2 Å². The van der Waals surface area contributed by atoms with Gasteiger partial charge >= 0.3 is 5.69 Å². The third-order valence-electron chi connectivity index (χ3n) is 2.26. The average Bonchev–Trinajstić information content (AvgIpc) is 2.48. The lowest BCUT2D eigenvalue weighted by Gasteiger charge is -1.98. The molecule has 0 bridgehead atoms. The van der Waals surface area contributed by atoms with E-state index in [4.69, 9.17) is 9.47 Å². The number of methoxy groups -OCH3 is 2. The molecule has 0 saturated heterocycles. The van der Waals surface area contributed by atoms with E-state index in [2.05, 4.69) is 0 Å². The van der Waals surface area contributed by atoms with Gasteiger partial charge in [0.25, 0.3) is 0 Å². The molecule has 0 radical (unpaired) electrons. The first-order chi connectivity index (χ1) is 9.19. The van der Waals surface area contributed by atoms with Crippen molar-refractivity contribution in [2.24, 2.45) is 0 Å². The third-order valence-corrected chi connectivity index (χ3v) is 2.26. The van der Waals surface area contributed by atoms with Crippen LogP contribution in [0.3, 0.4) is 0 Å². The van der Waals surface area contributed by atoms with Gasteiger partial charge in [0.2, 0.25) is 0 Å². The lowest BCUT2D eigenvalue weighted by atomic mass is 10.3. The molecule has 0 atom stereocenters. The number of nitrogens with zero attached hydrogens (tertiary/aromatic N) is 1. The van der Waals surface area contributed by atoms with Gasteiger partial charge in [-0.2, -0.15) is 0 Å². The summed E-state index contributed by atoms with van der Waals surface area (Å²) in [6.07, 6.45) is 0. The molecule has 0 spiro atoms. The number of nitro groups is 1. The fourth-order valence-electron chi connectivity index (χ4n) is 1.34. The Morgan fingerprint density at radius 2 is 1.47 bits per heavy atom. The Morgan fingerprint density at radius 1 is 0.895 bits per heavy atom. The maximum atomic E-state index is 10.3. The van der Waals surface area contributed by atoms with Gasteiger partial charge in [-0.25, -0.2) is 0 Å². The maximum Gasteiger partial charge on any atom is 0.310 e. The molecule has 0 aromatic heterocycles. The molecule has 19 heavy (non-hydrogen) atoms. The highest BCUT2D eigenvalue weighted by atomic mass is 16.6. The van der Waals surface area contributed by atoms with Crippen LogP contribution in [0.2, 0.25) is 0 Å². The van der Waals surface area contributed by atoms with E-state index >= 15 is 0 Å². The standard InChI is InChI=1S/C7H7NO3.C7H8O/c1-11-7-5-3-2-4-6(7)8(9)10;1-8-7-5-3-2-4-6-7/h2-5H,1H3;2-6H,1H3. The second kappa shape index (κ2) is 7.71. The first-order valence-electron chi connectivity index (χ1n) is 5.55. The lowest BCUT2D eigenvalue weighted by Crippen LogP contribution is -1.92. The number of para-hydroxylation sites is 3.